The lowest BCUT2D eigenvalue weighted by Crippen LogP contribution is -2.35. The molecule has 0 radical (unpaired) electrons. The van der Waals surface area contributed by atoms with Gasteiger partial charge in [0, 0.05) is 27.3 Å². The van der Waals surface area contributed by atoms with Crippen LogP contribution in [-0.2, 0) is 6.54 Å². The number of benzene rings is 1. The van der Waals surface area contributed by atoms with Crippen LogP contribution < -0.4 is 5.32 Å². The summed E-state index contributed by atoms with van der Waals surface area (Å²) in [7, 11) is 0. The highest BCUT2D eigenvalue weighted by Gasteiger charge is 2.14. The maximum Gasteiger partial charge on any atom is 0.0550 e. The zero-order valence-corrected chi connectivity index (χ0v) is 13.0. The Labute approximate surface area is 119 Å². The number of rotatable bonds is 5. The Morgan fingerprint density at radius 3 is 2.61 bits per heavy atom. The lowest BCUT2D eigenvalue weighted by molar-refractivity contribution is 0.300. The Morgan fingerprint density at radius 1 is 1.39 bits per heavy atom. The van der Waals surface area contributed by atoms with Crippen molar-refractivity contribution in [3.8, 4) is 0 Å². The highest BCUT2D eigenvalue weighted by molar-refractivity contribution is 8.00. The largest absolute Gasteiger partial charge is 0.395 e. The highest BCUT2D eigenvalue weighted by atomic mass is 35.5. The topological polar surface area (TPSA) is 32.3 Å². The number of aliphatic hydroxyl groups excluding tert-OH is 1. The minimum atomic E-state index is 0.0592. The van der Waals surface area contributed by atoms with Gasteiger partial charge >= 0.3 is 0 Å². The maximum absolute atomic E-state index is 9.15. The Hall–Kier alpha value is -0.220. The second-order valence-corrected chi connectivity index (χ2v) is 7.32. The number of nitrogens with one attached hydrogen (secondary N) is 1. The number of aliphatic hydroxyl groups is 1. The second-order valence-electron chi connectivity index (χ2n) is 5.43. The fraction of sp³-hybridized carbons (Fsp3) is 0.571. The van der Waals surface area contributed by atoms with Crippen molar-refractivity contribution in [1.82, 2.24) is 5.32 Å². The maximum atomic E-state index is 9.15. The Kier molecular flexibility index (Phi) is 5.99. The smallest absolute Gasteiger partial charge is 0.0550 e. The van der Waals surface area contributed by atoms with Crippen molar-refractivity contribution >= 4 is 23.4 Å². The molecular weight excluding hydrogens is 266 g/mol. The van der Waals surface area contributed by atoms with Crippen molar-refractivity contribution in [3.05, 3.63) is 28.8 Å². The molecule has 0 fully saturated rings. The molecule has 1 aromatic carbocycles. The summed E-state index contributed by atoms with van der Waals surface area (Å²) in [5.74, 6) is 0. The van der Waals surface area contributed by atoms with Gasteiger partial charge in [-0.1, -0.05) is 24.6 Å². The summed E-state index contributed by atoms with van der Waals surface area (Å²) in [5.41, 5.74) is 1.17. The molecule has 2 N–H and O–H groups in total. The first kappa shape index (κ1) is 15.8. The van der Waals surface area contributed by atoms with Gasteiger partial charge in [0.25, 0.3) is 0 Å². The van der Waals surface area contributed by atoms with Gasteiger partial charge in [-0.15, -0.1) is 11.8 Å². The first-order valence-corrected chi connectivity index (χ1v) is 7.39. The molecule has 4 heteroatoms. The van der Waals surface area contributed by atoms with E-state index in [1.54, 1.807) is 11.8 Å². The zero-order valence-electron chi connectivity index (χ0n) is 11.5. The van der Waals surface area contributed by atoms with E-state index in [2.05, 4.69) is 32.2 Å². The van der Waals surface area contributed by atoms with Gasteiger partial charge in [0.2, 0.25) is 0 Å². The Morgan fingerprint density at radius 2 is 2.06 bits per heavy atom. The quantitative estimate of drug-likeness (QED) is 0.810. The molecule has 1 rings (SSSR count). The van der Waals surface area contributed by atoms with Crippen LogP contribution in [0.4, 0.5) is 0 Å². The first-order chi connectivity index (χ1) is 8.33. The van der Waals surface area contributed by atoms with Gasteiger partial charge in [-0.25, -0.2) is 0 Å². The fourth-order valence-corrected chi connectivity index (χ4v) is 2.72. The summed E-state index contributed by atoms with van der Waals surface area (Å²) < 4.78 is 0. The van der Waals surface area contributed by atoms with Crippen LogP contribution in [0.1, 0.15) is 33.3 Å². The molecule has 0 heterocycles. The van der Waals surface area contributed by atoms with Crippen LogP contribution in [0.5, 0.6) is 0 Å². The number of thioether (sulfide) groups is 1. The summed E-state index contributed by atoms with van der Waals surface area (Å²) in [5, 5.41) is 13.6. The van der Waals surface area contributed by atoms with E-state index in [-0.39, 0.29) is 17.4 Å². The van der Waals surface area contributed by atoms with Crippen LogP contribution in [0.15, 0.2) is 23.1 Å². The van der Waals surface area contributed by atoms with Gasteiger partial charge in [-0.2, -0.15) is 0 Å². The van der Waals surface area contributed by atoms with E-state index in [1.807, 2.05) is 19.1 Å². The van der Waals surface area contributed by atoms with Crippen LogP contribution in [0, 0.1) is 0 Å². The molecule has 0 saturated heterocycles. The summed E-state index contributed by atoms with van der Waals surface area (Å²) in [4.78, 5) is 1.14. The van der Waals surface area contributed by atoms with E-state index >= 15 is 0 Å². The number of halogens is 1. The van der Waals surface area contributed by atoms with Gasteiger partial charge in [0.05, 0.1) is 6.61 Å². The normalized spacial score (nSPS) is 13.7. The Bertz CT molecular complexity index is 390. The molecule has 18 heavy (non-hydrogen) atoms. The summed E-state index contributed by atoms with van der Waals surface area (Å²) in [6.07, 6.45) is 0. The van der Waals surface area contributed by atoms with Crippen molar-refractivity contribution in [1.29, 1.82) is 0 Å². The average Bonchev–Trinajstić information content (AvgIpc) is 2.26. The molecule has 0 aliphatic carbocycles. The van der Waals surface area contributed by atoms with Crippen LogP contribution in [0.3, 0.4) is 0 Å². The van der Waals surface area contributed by atoms with Gasteiger partial charge in [-0.3, -0.25) is 0 Å². The van der Waals surface area contributed by atoms with E-state index in [0.717, 1.165) is 22.0 Å². The summed E-state index contributed by atoms with van der Waals surface area (Å²) in [6.45, 7) is 9.31. The summed E-state index contributed by atoms with van der Waals surface area (Å²) in [6, 6.07) is 5.92. The fourth-order valence-electron chi connectivity index (χ4n) is 1.43. The van der Waals surface area contributed by atoms with E-state index in [4.69, 9.17) is 16.7 Å². The zero-order chi connectivity index (χ0) is 13.8. The van der Waals surface area contributed by atoms with Gasteiger partial charge in [0.15, 0.2) is 0 Å². The molecule has 102 valence electrons. The standard InChI is InChI=1S/C14H22ClNOS/c1-10(9-17)18-13-7-5-6-12(15)11(13)8-16-14(2,3)4/h5-7,10,16-17H,8-9H2,1-4H3. The molecule has 0 aromatic heterocycles. The first-order valence-electron chi connectivity index (χ1n) is 6.13. The van der Waals surface area contributed by atoms with Crippen LogP contribution in [0.25, 0.3) is 0 Å². The molecule has 1 atom stereocenters. The molecule has 1 unspecified atom stereocenters. The molecule has 2 nitrogen and oxygen atoms in total. The van der Waals surface area contributed by atoms with Crippen molar-refractivity contribution in [2.24, 2.45) is 0 Å². The van der Waals surface area contributed by atoms with Crippen molar-refractivity contribution in [3.63, 3.8) is 0 Å². The monoisotopic (exact) mass is 287 g/mol. The average molecular weight is 288 g/mol. The molecule has 0 bridgehead atoms. The molecule has 0 saturated carbocycles. The van der Waals surface area contributed by atoms with Crippen molar-refractivity contribution in [2.45, 2.75) is 49.9 Å². The van der Waals surface area contributed by atoms with E-state index in [1.165, 1.54) is 0 Å². The molecule has 0 aliphatic rings. The predicted molar refractivity (Wildman–Crippen MR) is 80.4 cm³/mol. The summed E-state index contributed by atoms with van der Waals surface area (Å²) >= 11 is 7.93. The molecule has 0 aliphatic heterocycles. The lowest BCUT2D eigenvalue weighted by atomic mass is 10.1. The van der Waals surface area contributed by atoms with E-state index in [0.29, 0.717) is 0 Å². The third kappa shape index (κ3) is 5.19. The third-order valence-corrected chi connectivity index (χ3v) is 4.00. The van der Waals surface area contributed by atoms with E-state index in [9.17, 15) is 0 Å². The van der Waals surface area contributed by atoms with E-state index < -0.39 is 0 Å². The Balaban J connectivity index is 2.87. The van der Waals surface area contributed by atoms with Crippen molar-refractivity contribution < 1.29 is 5.11 Å². The number of hydrogen-bond donors (Lipinski definition) is 2. The van der Waals surface area contributed by atoms with Crippen LogP contribution in [0.2, 0.25) is 5.02 Å². The predicted octanol–water partition coefficient (Wildman–Crippen LogP) is 3.70. The molecule has 0 spiro atoms. The molecule has 1 aromatic rings. The van der Waals surface area contributed by atoms with Crippen LogP contribution >= 0.6 is 23.4 Å². The van der Waals surface area contributed by atoms with Gasteiger partial charge < -0.3 is 10.4 Å². The second kappa shape index (κ2) is 6.80. The van der Waals surface area contributed by atoms with Crippen LogP contribution in [-0.4, -0.2) is 22.5 Å². The third-order valence-electron chi connectivity index (χ3n) is 2.46. The lowest BCUT2D eigenvalue weighted by Gasteiger charge is -2.22. The SMILES string of the molecule is CC(CO)Sc1cccc(Cl)c1CNC(C)(C)C. The minimum Gasteiger partial charge on any atom is -0.395 e. The van der Waals surface area contributed by atoms with Gasteiger partial charge in [-0.05, 0) is 38.5 Å². The number of hydrogen-bond acceptors (Lipinski definition) is 3. The minimum absolute atomic E-state index is 0.0592. The highest BCUT2D eigenvalue weighted by Crippen LogP contribution is 2.31. The van der Waals surface area contributed by atoms with Crippen molar-refractivity contribution in [2.75, 3.05) is 6.61 Å². The van der Waals surface area contributed by atoms with Gasteiger partial charge in [0.1, 0.15) is 0 Å². The molecule has 0 amide bonds. The molecular formula is C14H22ClNOS.